The second kappa shape index (κ2) is 7.81. The lowest BCUT2D eigenvalue weighted by molar-refractivity contribution is 0.0747. The van der Waals surface area contributed by atoms with Crippen LogP contribution in [0.25, 0.3) is 0 Å². The van der Waals surface area contributed by atoms with Gasteiger partial charge in [0.25, 0.3) is 5.91 Å². The Morgan fingerprint density at radius 3 is 2.72 bits per heavy atom. The third-order valence-electron chi connectivity index (χ3n) is 4.07. The fraction of sp³-hybridized carbons (Fsp3) is 0.533. The van der Waals surface area contributed by atoms with E-state index in [0.717, 1.165) is 0 Å². The van der Waals surface area contributed by atoms with E-state index in [1.54, 1.807) is 0 Å². The molecule has 0 radical (unpaired) electrons. The predicted octanol–water partition coefficient (Wildman–Crippen LogP) is -0.130. The summed E-state index contributed by atoms with van der Waals surface area (Å²) in [6.45, 7) is 0.355. The second-order valence-electron chi connectivity index (χ2n) is 5.89. The van der Waals surface area contributed by atoms with Crippen LogP contribution in [0, 0.1) is 0 Å². The summed E-state index contributed by atoms with van der Waals surface area (Å²) >= 11 is 0. The van der Waals surface area contributed by atoms with Crippen LogP contribution in [0.3, 0.4) is 0 Å². The van der Waals surface area contributed by atoms with Crippen molar-refractivity contribution >= 4 is 25.8 Å². The zero-order valence-electron chi connectivity index (χ0n) is 14.1. The first-order valence-corrected chi connectivity index (χ1v) is 11.0. The highest BCUT2D eigenvalue weighted by Gasteiger charge is 2.33. The molecule has 0 spiro atoms. The van der Waals surface area contributed by atoms with Crippen LogP contribution in [0.2, 0.25) is 0 Å². The van der Waals surface area contributed by atoms with E-state index >= 15 is 0 Å². The van der Waals surface area contributed by atoms with Crippen molar-refractivity contribution in [3.05, 3.63) is 29.8 Å². The third kappa shape index (κ3) is 5.00. The Morgan fingerprint density at radius 1 is 1.40 bits per heavy atom. The van der Waals surface area contributed by atoms with Crippen LogP contribution in [0.1, 0.15) is 16.8 Å². The van der Waals surface area contributed by atoms with Crippen molar-refractivity contribution in [2.24, 2.45) is 0 Å². The molecule has 1 saturated heterocycles. The molecule has 0 bridgehead atoms. The number of hydrogen-bond donors (Lipinski definition) is 1. The summed E-state index contributed by atoms with van der Waals surface area (Å²) in [5, 5.41) is 0. The molecule has 1 aromatic carbocycles. The smallest absolute Gasteiger partial charge is 0.253 e. The number of ether oxygens (including phenoxy) is 1. The van der Waals surface area contributed by atoms with Crippen molar-refractivity contribution in [1.29, 1.82) is 0 Å². The van der Waals surface area contributed by atoms with Gasteiger partial charge >= 0.3 is 0 Å². The van der Waals surface area contributed by atoms with Gasteiger partial charge in [-0.05, 0) is 24.6 Å². The van der Waals surface area contributed by atoms with Crippen molar-refractivity contribution in [2.75, 3.05) is 38.8 Å². The number of rotatable bonds is 7. The molecule has 1 aliphatic rings. The van der Waals surface area contributed by atoms with Gasteiger partial charge in [-0.15, -0.1) is 0 Å². The molecule has 0 saturated carbocycles. The number of sulfone groups is 1. The molecule has 0 aliphatic carbocycles. The summed E-state index contributed by atoms with van der Waals surface area (Å²) in [6.07, 6.45) is 0.390. The SMILES string of the molecule is COCCNS(=O)(=O)c1cccc(C(=O)N(C)C2CCS(=O)(=O)C2)c1. The number of hydrogen-bond acceptors (Lipinski definition) is 6. The summed E-state index contributed by atoms with van der Waals surface area (Å²) < 4.78 is 54.8. The number of benzene rings is 1. The van der Waals surface area contributed by atoms with Crippen LogP contribution in [-0.2, 0) is 24.6 Å². The van der Waals surface area contributed by atoms with Crippen LogP contribution in [0.5, 0.6) is 0 Å². The van der Waals surface area contributed by atoms with Gasteiger partial charge < -0.3 is 9.64 Å². The first-order valence-electron chi connectivity index (χ1n) is 7.72. The maximum atomic E-state index is 12.6. The van der Waals surface area contributed by atoms with E-state index in [4.69, 9.17) is 4.74 Å². The fourth-order valence-corrected chi connectivity index (χ4v) is 5.44. The van der Waals surface area contributed by atoms with Crippen molar-refractivity contribution in [2.45, 2.75) is 17.4 Å². The fourth-order valence-electron chi connectivity index (χ4n) is 2.61. The zero-order chi connectivity index (χ0) is 18.7. The Hall–Kier alpha value is -1.49. The minimum Gasteiger partial charge on any atom is -0.383 e. The topological polar surface area (TPSA) is 110 Å². The van der Waals surface area contributed by atoms with E-state index < -0.39 is 31.8 Å². The van der Waals surface area contributed by atoms with Gasteiger partial charge in [0.15, 0.2) is 9.84 Å². The van der Waals surface area contributed by atoms with Crippen LogP contribution >= 0.6 is 0 Å². The Labute approximate surface area is 148 Å². The lowest BCUT2D eigenvalue weighted by Crippen LogP contribution is -2.38. The largest absolute Gasteiger partial charge is 0.383 e. The molecule has 140 valence electrons. The molecular formula is C15H22N2O6S2. The van der Waals surface area contributed by atoms with Gasteiger partial charge in [0.1, 0.15) is 0 Å². The summed E-state index contributed by atoms with van der Waals surface area (Å²) in [6, 6.07) is 5.29. The van der Waals surface area contributed by atoms with Crippen LogP contribution in [0.4, 0.5) is 0 Å². The number of amides is 1. The Morgan fingerprint density at radius 2 is 2.12 bits per heavy atom. The van der Waals surface area contributed by atoms with Crippen LogP contribution < -0.4 is 4.72 Å². The van der Waals surface area contributed by atoms with E-state index in [2.05, 4.69) is 4.72 Å². The van der Waals surface area contributed by atoms with Gasteiger partial charge in [-0.1, -0.05) is 6.07 Å². The molecular weight excluding hydrogens is 368 g/mol. The average molecular weight is 390 g/mol. The molecule has 1 atom stereocenters. The number of sulfonamides is 1. The zero-order valence-corrected chi connectivity index (χ0v) is 15.8. The quantitative estimate of drug-likeness (QED) is 0.650. The highest BCUT2D eigenvalue weighted by Crippen LogP contribution is 2.20. The van der Waals surface area contributed by atoms with Gasteiger partial charge in [0, 0.05) is 32.3 Å². The number of carbonyl (C=O) groups is 1. The molecule has 1 fully saturated rings. The second-order valence-corrected chi connectivity index (χ2v) is 9.89. The molecule has 25 heavy (non-hydrogen) atoms. The monoisotopic (exact) mass is 390 g/mol. The van der Waals surface area contributed by atoms with Gasteiger partial charge in [-0.3, -0.25) is 4.79 Å². The number of nitrogens with zero attached hydrogens (tertiary/aromatic N) is 1. The third-order valence-corrected chi connectivity index (χ3v) is 7.28. The summed E-state index contributed by atoms with van der Waals surface area (Å²) in [4.78, 5) is 13.9. The lowest BCUT2D eigenvalue weighted by atomic mass is 10.1. The molecule has 1 aromatic rings. The van der Waals surface area contributed by atoms with Gasteiger partial charge in [0.2, 0.25) is 10.0 Å². The molecule has 8 nitrogen and oxygen atoms in total. The van der Waals surface area contributed by atoms with E-state index in [9.17, 15) is 21.6 Å². The van der Waals surface area contributed by atoms with E-state index in [1.807, 2.05) is 0 Å². The normalized spacial score (nSPS) is 19.7. The molecule has 0 aromatic heterocycles. The standard InChI is InChI=1S/C15H22N2O6S2/c1-17(13-6-9-24(19,20)11-13)15(18)12-4-3-5-14(10-12)25(21,22)16-7-8-23-2/h3-5,10,13,16H,6-9,11H2,1-2H3. The summed E-state index contributed by atoms with van der Waals surface area (Å²) in [5.74, 6) is -0.408. The Bertz CT molecular complexity index is 835. The molecule has 10 heteroatoms. The van der Waals surface area contributed by atoms with Crippen LogP contribution in [-0.4, -0.2) is 72.5 Å². The molecule has 1 unspecified atom stereocenters. The Kier molecular flexibility index (Phi) is 6.20. The molecule has 2 rings (SSSR count). The first kappa shape index (κ1) is 19.8. The lowest BCUT2D eigenvalue weighted by Gasteiger charge is -2.23. The molecule has 1 aliphatic heterocycles. The van der Waals surface area contributed by atoms with Gasteiger partial charge in [-0.25, -0.2) is 21.6 Å². The van der Waals surface area contributed by atoms with Gasteiger partial charge in [-0.2, -0.15) is 0 Å². The van der Waals surface area contributed by atoms with E-state index in [1.165, 1.54) is 43.3 Å². The van der Waals surface area contributed by atoms with E-state index in [-0.39, 0.29) is 35.1 Å². The van der Waals surface area contributed by atoms with Gasteiger partial charge in [0.05, 0.1) is 23.0 Å². The number of carbonyl (C=O) groups excluding carboxylic acids is 1. The molecule has 1 heterocycles. The van der Waals surface area contributed by atoms with Crippen molar-refractivity contribution in [3.8, 4) is 0 Å². The van der Waals surface area contributed by atoms with Crippen LogP contribution in [0.15, 0.2) is 29.2 Å². The molecule has 1 amide bonds. The maximum absolute atomic E-state index is 12.6. The van der Waals surface area contributed by atoms with Crippen molar-refractivity contribution in [3.63, 3.8) is 0 Å². The summed E-state index contributed by atoms with van der Waals surface area (Å²) in [7, 11) is -3.86. The Balaban J connectivity index is 2.16. The average Bonchev–Trinajstić information content (AvgIpc) is 2.93. The highest BCUT2D eigenvalue weighted by molar-refractivity contribution is 7.91. The predicted molar refractivity (Wildman–Crippen MR) is 92.7 cm³/mol. The van der Waals surface area contributed by atoms with Crippen molar-refractivity contribution < 1.29 is 26.4 Å². The number of methoxy groups -OCH3 is 1. The maximum Gasteiger partial charge on any atom is 0.253 e. The van der Waals surface area contributed by atoms with E-state index in [0.29, 0.717) is 6.42 Å². The number of nitrogens with one attached hydrogen (secondary N) is 1. The minimum atomic E-state index is -3.75. The molecule has 1 N–H and O–H groups in total. The minimum absolute atomic E-state index is 0.0260. The highest BCUT2D eigenvalue weighted by atomic mass is 32.2. The summed E-state index contributed by atoms with van der Waals surface area (Å²) in [5.41, 5.74) is 0.196. The van der Waals surface area contributed by atoms with Crippen molar-refractivity contribution in [1.82, 2.24) is 9.62 Å². The first-order chi connectivity index (χ1) is 11.7.